The second kappa shape index (κ2) is 7.94. The molecule has 1 saturated heterocycles. The van der Waals surface area contributed by atoms with Gasteiger partial charge in [-0.15, -0.1) is 0 Å². The topological polar surface area (TPSA) is 72.9 Å². The Morgan fingerprint density at radius 3 is 2.29 bits per heavy atom. The highest BCUT2D eigenvalue weighted by atomic mass is 16.5. The first-order chi connectivity index (χ1) is 17.0. The molecule has 1 fully saturated rings. The minimum Gasteiger partial charge on any atom is -0.497 e. The maximum Gasteiger partial charge on any atom is 0.319 e. The molecular formula is C29H23NO5. The Bertz CT molecular complexity index is 1390. The van der Waals surface area contributed by atoms with Crippen LogP contribution < -0.4 is 14.4 Å². The number of carbonyl (C=O) groups is 3. The monoisotopic (exact) mass is 465 g/mol. The molecule has 174 valence electrons. The van der Waals surface area contributed by atoms with E-state index in [4.69, 9.17) is 9.47 Å². The number of hydrogen-bond acceptors (Lipinski definition) is 5. The van der Waals surface area contributed by atoms with E-state index in [1.54, 1.807) is 31.4 Å². The number of amides is 2. The zero-order valence-corrected chi connectivity index (χ0v) is 19.3. The van der Waals surface area contributed by atoms with Crippen molar-refractivity contribution in [2.75, 3.05) is 12.0 Å². The van der Waals surface area contributed by atoms with E-state index in [0.29, 0.717) is 17.2 Å². The van der Waals surface area contributed by atoms with Crippen molar-refractivity contribution in [2.24, 2.45) is 17.8 Å². The molecule has 1 aliphatic carbocycles. The summed E-state index contributed by atoms with van der Waals surface area (Å²) in [6, 6.07) is 22.1. The van der Waals surface area contributed by atoms with E-state index in [2.05, 4.69) is 0 Å². The molecule has 0 bridgehead atoms. The fraction of sp³-hybridized carbons (Fsp3) is 0.207. The summed E-state index contributed by atoms with van der Waals surface area (Å²) in [6.45, 7) is 1.93. The Morgan fingerprint density at radius 1 is 0.857 bits per heavy atom. The van der Waals surface area contributed by atoms with Gasteiger partial charge in [0.05, 0.1) is 30.6 Å². The molecule has 3 aromatic carbocycles. The van der Waals surface area contributed by atoms with Gasteiger partial charge < -0.3 is 9.47 Å². The van der Waals surface area contributed by atoms with Crippen LogP contribution in [0.5, 0.6) is 11.5 Å². The summed E-state index contributed by atoms with van der Waals surface area (Å²) in [5.41, 5.74) is 3.89. The van der Waals surface area contributed by atoms with E-state index < -0.39 is 23.7 Å². The van der Waals surface area contributed by atoms with Gasteiger partial charge >= 0.3 is 5.97 Å². The van der Waals surface area contributed by atoms with Crippen molar-refractivity contribution in [2.45, 2.75) is 12.8 Å². The number of imide groups is 1. The molecule has 6 rings (SSSR count). The van der Waals surface area contributed by atoms with Crippen LogP contribution in [-0.4, -0.2) is 24.9 Å². The summed E-state index contributed by atoms with van der Waals surface area (Å²) < 4.78 is 11.0. The first kappa shape index (κ1) is 21.4. The van der Waals surface area contributed by atoms with E-state index in [0.717, 1.165) is 22.3 Å². The Balaban J connectivity index is 1.55. The SMILES string of the molecule is COc1ccc([C@@H]2C=C3c4ccc(C)cc4OC(=O)[C@@H]3[C@@H]3C(=O)N(c4ccccc4)C(=O)[C@H]32)cc1. The van der Waals surface area contributed by atoms with E-state index in [1.165, 1.54) is 4.90 Å². The lowest BCUT2D eigenvalue weighted by Crippen LogP contribution is -2.42. The summed E-state index contributed by atoms with van der Waals surface area (Å²) in [4.78, 5) is 42.2. The number of aryl methyl sites for hydroxylation is 1. The van der Waals surface area contributed by atoms with Crippen LogP contribution in [0.2, 0.25) is 0 Å². The first-order valence-electron chi connectivity index (χ1n) is 11.6. The second-order valence-electron chi connectivity index (χ2n) is 9.22. The van der Waals surface area contributed by atoms with Crippen LogP contribution in [0.15, 0.2) is 78.9 Å². The lowest BCUT2D eigenvalue weighted by atomic mass is 9.64. The Morgan fingerprint density at radius 2 is 1.57 bits per heavy atom. The van der Waals surface area contributed by atoms with Gasteiger partial charge in [-0.3, -0.25) is 14.4 Å². The van der Waals surface area contributed by atoms with Crippen molar-refractivity contribution in [3.63, 3.8) is 0 Å². The smallest absolute Gasteiger partial charge is 0.319 e. The number of fused-ring (bicyclic) bond motifs is 5. The molecule has 0 unspecified atom stereocenters. The van der Waals surface area contributed by atoms with E-state index >= 15 is 0 Å². The lowest BCUT2D eigenvalue weighted by molar-refractivity contribution is -0.142. The number of anilines is 1. The van der Waals surface area contributed by atoms with Crippen LogP contribution in [-0.2, 0) is 14.4 Å². The number of nitrogens with zero attached hydrogens (tertiary/aromatic N) is 1. The molecule has 2 aliphatic heterocycles. The maximum atomic E-state index is 13.8. The standard InChI is InChI=1S/C29H23NO5/c1-16-8-13-20-22-15-21(17-9-11-19(34-2)12-10-17)24-26(25(22)29(33)35-23(20)14-16)28(32)30(27(24)31)18-6-4-3-5-7-18/h3-15,21,24-26H,1-2H3/t21-,24-,25-,26+/m0/s1. The number of para-hydroxylation sites is 1. The molecule has 2 amide bonds. The molecular weight excluding hydrogens is 442 g/mol. The van der Waals surface area contributed by atoms with Gasteiger partial charge in [-0.1, -0.05) is 48.5 Å². The molecule has 35 heavy (non-hydrogen) atoms. The van der Waals surface area contributed by atoms with Crippen LogP contribution in [0, 0.1) is 24.7 Å². The molecule has 3 aliphatic rings. The Hall–Kier alpha value is -4.19. The van der Waals surface area contributed by atoms with E-state index in [-0.39, 0.29) is 17.7 Å². The number of ether oxygens (including phenoxy) is 2. The van der Waals surface area contributed by atoms with Crippen LogP contribution >= 0.6 is 0 Å². The molecule has 4 atom stereocenters. The number of esters is 1. The fourth-order valence-electron chi connectivity index (χ4n) is 5.65. The van der Waals surface area contributed by atoms with Gasteiger partial charge in [0.15, 0.2) is 0 Å². The summed E-state index contributed by atoms with van der Waals surface area (Å²) in [6.07, 6.45) is 1.99. The number of rotatable bonds is 3. The van der Waals surface area contributed by atoms with Crippen molar-refractivity contribution >= 4 is 29.0 Å². The van der Waals surface area contributed by atoms with Gasteiger partial charge in [0, 0.05) is 11.5 Å². The second-order valence-corrected chi connectivity index (χ2v) is 9.22. The summed E-state index contributed by atoms with van der Waals surface area (Å²) in [5, 5.41) is 0. The zero-order chi connectivity index (χ0) is 24.3. The van der Waals surface area contributed by atoms with Crippen LogP contribution in [0.25, 0.3) is 5.57 Å². The van der Waals surface area contributed by atoms with Crippen LogP contribution in [0.1, 0.15) is 22.6 Å². The van der Waals surface area contributed by atoms with Gasteiger partial charge in [-0.25, -0.2) is 4.90 Å². The number of methoxy groups -OCH3 is 1. The number of benzene rings is 3. The molecule has 6 nitrogen and oxygen atoms in total. The van der Waals surface area contributed by atoms with Crippen molar-refractivity contribution < 1.29 is 23.9 Å². The average molecular weight is 466 g/mol. The Labute approximate surface area is 202 Å². The quantitative estimate of drug-likeness (QED) is 0.323. The largest absolute Gasteiger partial charge is 0.497 e. The highest BCUT2D eigenvalue weighted by Crippen LogP contribution is 2.54. The van der Waals surface area contributed by atoms with Crippen molar-refractivity contribution in [1.82, 2.24) is 0 Å². The van der Waals surface area contributed by atoms with Gasteiger partial charge in [-0.2, -0.15) is 0 Å². The minimum atomic E-state index is -0.850. The van der Waals surface area contributed by atoms with Gasteiger partial charge in [0.25, 0.3) is 0 Å². The molecule has 0 N–H and O–H groups in total. The third-order valence-electron chi connectivity index (χ3n) is 7.27. The van der Waals surface area contributed by atoms with Gasteiger partial charge in [-0.05, 0) is 54.0 Å². The predicted octanol–water partition coefficient (Wildman–Crippen LogP) is 4.53. The highest BCUT2D eigenvalue weighted by Gasteiger charge is 2.60. The third-order valence-corrected chi connectivity index (χ3v) is 7.27. The lowest BCUT2D eigenvalue weighted by Gasteiger charge is -2.38. The van der Waals surface area contributed by atoms with Crippen LogP contribution in [0.4, 0.5) is 5.69 Å². The number of hydrogen-bond donors (Lipinski definition) is 0. The molecule has 3 aromatic rings. The third kappa shape index (κ3) is 3.21. The Kier molecular flexibility index (Phi) is 4.85. The number of allylic oxidation sites excluding steroid dienone is 1. The summed E-state index contributed by atoms with van der Waals surface area (Å²) in [7, 11) is 1.60. The summed E-state index contributed by atoms with van der Waals surface area (Å²) >= 11 is 0. The minimum absolute atomic E-state index is 0.301. The first-order valence-corrected chi connectivity index (χ1v) is 11.6. The molecule has 0 spiro atoms. The van der Waals surface area contributed by atoms with Crippen molar-refractivity contribution in [3.8, 4) is 11.5 Å². The maximum absolute atomic E-state index is 13.8. The number of carbonyl (C=O) groups excluding carboxylic acids is 3. The normalized spacial score (nSPS) is 24.8. The predicted molar refractivity (Wildman–Crippen MR) is 130 cm³/mol. The fourth-order valence-corrected chi connectivity index (χ4v) is 5.65. The summed E-state index contributed by atoms with van der Waals surface area (Å²) in [5.74, 6) is -2.76. The zero-order valence-electron chi connectivity index (χ0n) is 19.3. The van der Waals surface area contributed by atoms with Crippen LogP contribution in [0.3, 0.4) is 0 Å². The van der Waals surface area contributed by atoms with Crippen molar-refractivity contribution in [3.05, 3.63) is 95.6 Å². The average Bonchev–Trinajstić information content (AvgIpc) is 3.14. The molecule has 0 radical (unpaired) electrons. The molecule has 0 saturated carbocycles. The van der Waals surface area contributed by atoms with Crippen molar-refractivity contribution in [1.29, 1.82) is 0 Å². The highest BCUT2D eigenvalue weighted by molar-refractivity contribution is 6.24. The molecule has 6 heteroatoms. The van der Waals surface area contributed by atoms with Gasteiger partial charge in [0.1, 0.15) is 11.5 Å². The van der Waals surface area contributed by atoms with Gasteiger partial charge in [0.2, 0.25) is 11.8 Å². The molecule has 0 aromatic heterocycles. The van der Waals surface area contributed by atoms with E-state index in [1.807, 2.05) is 61.5 Å². The molecule has 2 heterocycles. The van der Waals surface area contributed by atoms with E-state index in [9.17, 15) is 14.4 Å².